The highest BCUT2D eigenvalue weighted by atomic mass is 35.5. The number of benzene rings is 1. The van der Waals surface area contributed by atoms with Gasteiger partial charge in [0.05, 0.1) is 5.56 Å². The highest BCUT2D eigenvalue weighted by molar-refractivity contribution is 5.99. The number of carbonyl (C=O) groups excluding carboxylic acids is 1. The van der Waals surface area contributed by atoms with Gasteiger partial charge in [0.2, 0.25) is 0 Å². The van der Waals surface area contributed by atoms with Crippen LogP contribution in [0.1, 0.15) is 43.5 Å². The fourth-order valence-electron chi connectivity index (χ4n) is 2.85. The van der Waals surface area contributed by atoms with Gasteiger partial charge in [0, 0.05) is 18.8 Å². The predicted molar refractivity (Wildman–Crippen MR) is 86.2 cm³/mol. The van der Waals surface area contributed by atoms with Crippen LogP contribution in [0.5, 0.6) is 0 Å². The van der Waals surface area contributed by atoms with E-state index in [1.54, 1.807) is 6.07 Å². The number of carbonyl (C=O) groups is 1. The number of amides is 1. The van der Waals surface area contributed by atoms with Crippen molar-refractivity contribution >= 4 is 24.0 Å². The average molecular weight is 297 g/mol. The molecule has 1 atom stereocenters. The summed E-state index contributed by atoms with van der Waals surface area (Å²) >= 11 is 0. The van der Waals surface area contributed by atoms with Gasteiger partial charge in [0.1, 0.15) is 0 Å². The molecule has 0 saturated carbocycles. The molecule has 0 bridgehead atoms. The second-order valence-corrected chi connectivity index (χ2v) is 5.81. The van der Waals surface area contributed by atoms with Crippen LogP contribution in [-0.4, -0.2) is 23.9 Å². The van der Waals surface area contributed by atoms with Crippen LogP contribution in [-0.2, 0) is 0 Å². The quantitative estimate of drug-likeness (QED) is 0.848. The molecule has 20 heavy (non-hydrogen) atoms. The van der Waals surface area contributed by atoms with Crippen molar-refractivity contribution in [2.45, 2.75) is 33.1 Å². The maximum absolute atomic E-state index is 12.5. The Morgan fingerprint density at radius 2 is 1.95 bits per heavy atom. The number of anilines is 1. The topological polar surface area (TPSA) is 46.3 Å². The van der Waals surface area contributed by atoms with Gasteiger partial charge in [0.25, 0.3) is 5.91 Å². The second kappa shape index (κ2) is 7.53. The minimum absolute atomic E-state index is 0. The summed E-state index contributed by atoms with van der Waals surface area (Å²) in [5.74, 6) is 1.53. The van der Waals surface area contributed by atoms with Gasteiger partial charge in [-0.15, -0.1) is 12.4 Å². The molecule has 1 aromatic carbocycles. The monoisotopic (exact) mass is 296 g/mol. The lowest BCUT2D eigenvalue weighted by Gasteiger charge is -2.22. The summed E-state index contributed by atoms with van der Waals surface area (Å²) in [6.45, 7) is 6.26. The summed E-state index contributed by atoms with van der Waals surface area (Å²) in [6, 6.07) is 7.35. The van der Waals surface area contributed by atoms with E-state index in [1.165, 1.54) is 6.42 Å². The molecule has 0 spiro atoms. The van der Waals surface area contributed by atoms with Crippen molar-refractivity contribution in [2.75, 3.05) is 18.8 Å². The van der Waals surface area contributed by atoms with Crippen molar-refractivity contribution < 1.29 is 4.79 Å². The molecule has 4 heteroatoms. The Bertz CT molecular complexity index is 448. The largest absolute Gasteiger partial charge is 0.398 e. The third kappa shape index (κ3) is 3.89. The number of rotatable bonds is 2. The zero-order valence-electron chi connectivity index (χ0n) is 12.3. The number of halogens is 1. The number of hydrogen-bond donors (Lipinski definition) is 1. The number of likely N-dealkylation sites (tertiary alicyclic amines) is 1. The maximum Gasteiger partial charge on any atom is 0.255 e. The van der Waals surface area contributed by atoms with Gasteiger partial charge >= 0.3 is 0 Å². The van der Waals surface area contributed by atoms with Crippen molar-refractivity contribution in [3.05, 3.63) is 29.8 Å². The molecule has 1 heterocycles. The molecule has 1 fully saturated rings. The van der Waals surface area contributed by atoms with E-state index in [2.05, 4.69) is 13.8 Å². The Labute approximate surface area is 127 Å². The lowest BCUT2D eigenvalue weighted by molar-refractivity contribution is 0.0760. The van der Waals surface area contributed by atoms with Crippen molar-refractivity contribution in [2.24, 2.45) is 11.8 Å². The average Bonchev–Trinajstić information content (AvgIpc) is 2.64. The fraction of sp³-hybridized carbons (Fsp3) is 0.562. The standard InChI is InChI=1S/C16H24N2O.ClH/c1-12(2)13-6-5-10-18(11-9-13)16(19)14-7-3-4-8-15(14)17;/h3-4,7-8,12-13H,5-6,9-11,17H2,1-2H3;1H. The minimum atomic E-state index is 0. The first kappa shape index (κ1) is 16.8. The van der Waals surface area contributed by atoms with E-state index in [-0.39, 0.29) is 18.3 Å². The van der Waals surface area contributed by atoms with E-state index in [0.29, 0.717) is 17.2 Å². The summed E-state index contributed by atoms with van der Waals surface area (Å²) in [5, 5.41) is 0. The molecule has 1 aromatic rings. The molecule has 1 saturated heterocycles. The van der Waals surface area contributed by atoms with Crippen molar-refractivity contribution in [1.82, 2.24) is 4.90 Å². The number of nitrogens with two attached hydrogens (primary N) is 1. The molecular formula is C16H25ClN2O. The normalized spacial score (nSPS) is 19.4. The van der Waals surface area contributed by atoms with Gasteiger partial charge in [-0.2, -0.15) is 0 Å². The molecule has 2 N–H and O–H groups in total. The van der Waals surface area contributed by atoms with Gasteiger partial charge in [-0.1, -0.05) is 26.0 Å². The van der Waals surface area contributed by atoms with Crippen molar-refractivity contribution in [1.29, 1.82) is 0 Å². The molecule has 1 unspecified atom stereocenters. The Hall–Kier alpha value is -1.22. The van der Waals surface area contributed by atoms with Crippen molar-refractivity contribution in [3.8, 4) is 0 Å². The third-order valence-corrected chi connectivity index (χ3v) is 4.19. The zero-order valence-corrected chi connectivity index (χ0v) is 13.2. The van der Waals surface area contributed by atoms with E-state index >= 15 is 0 Å². The molecular weight excluding hydrogens is 272 g/mol. The lowest BCUT2D eigenvalue weighted by Crippen LogP contribution is -2.32. The Balaban J connectivity index is 0.00000200. The molecule has 3 nitrogen and oxygen atoms in total. The number of nitrogens with zero attached hydrogens (tertiary/aromatic N) is 1. The summed E-state index contributed by atoms with van der Waals surface area (Å²) in [6.07, 6.45) is 3.43. The van der Waals surface area contributed by atoms with Crippen LogP contribution in [0, 0.1) is 11.8 Å². The van der Waals surface area contributed by atoms with E-state index in [1.807, 2.05) is 23.1 Å². The van der Waals surface area contributed by atoms with Crippen molar-refractivity contribution in [3.63, 3.8) is 0 Å². The Morgan fingerprint density at radius 3 is 2.60 bits per heavy atom. The summed E-state index contributed by atoms with van der Waals surface area (Å²) < 4.78 is 0. The van der Waals surface area contributed by atoms with Crippen LogP contribution in [0.2, 0.25) is 0 Å². The van der Waals surface area contributed by atoms with Gasteiger partial charge in [-0.05, 0) is 43.2 Å². The molecule has 0 aliphatic carbocycles. The molecule has 0 radical (unpaired) electrons. The zero-order chi connectivity index (χ0) is 13.8. The van der Waals surface area contributed by atoms with Gasteiger partial charge in [0.15, 0.2) is 0 Å². The maximum atomic E-state index is 12.5. The van der Waals surface area contributed by atoms with E-state index in [4.69, 9.17) is 5.73 Å². The predicted octanol–water partition coefficient (Wildman–Crippen LogP) is 3.59. The van der Waals surface area contributed by atoms with Crippen LogP contribution in [0.25, 0.3) is 0 Å². The fourth-order valence-corrected chi connectivity index (χ4v) is 2.85. The number of para-hydroxylation sites is 1. The molecule has 1 amide bonds. The van der Waals surface area contributed by atoms with Crippen LogP contribution in [0.15, 0.2) is 24.3 Å². The first-order valence-corrected chi connectivity index (χ1v) is 7.23. The highest BCUT2D eigenvalue weighted by Gasteiger charge is 2.23. The Kier molecular flexibility index (Phi) is 6.34. The summed E-state index contributed by atoms with van der Waals surface area (Å²) in [5.41, 5.74) is 7.12. The first-order valence-electron chi connectivity index (χ1n) is 7.23. The van der Waals surface area contributed by atoms with Crippen LogP contribution in [0.3, 0.4) is 0 Å². The number of nitrogen functional groups attached to an aromatic ring is 1. The number of hydrogen-bond acceptors (Lipinski definition) is 2. The second-order valence-electron chi connectivity index (χ2n) is 5.81. The van der Waals surface area contributed by atoms with Crippen LogP contribution < -0.4 is 5.73 Å². The van der Waals surface area contributed by atoms with E-state index < -0.39 is 0 Å². The van der Waals surface area contributed by atoms with Gasteiger partial charge in [-0.3, -0.25) is 4.79 Å². The smallest absolute Gasteiger partial charge is 0.255 e. The van der Waals surface area contributed by atoms with Crippen LogP contribution >= 0.6 is 12.4 Å². The highest BCUT2D eigenvalue weighted by Crippen LogP contribution is 2.25. The molecule has 1 aliphatic rings. The van der Waals surface area contributed by atoms with Gasteiger partial charge < -0.3 is 10.6 Å². The SMILES string of the molecule is CC(C)C1CCCN(C(=O)c2ccccc2N)CC1.Cl. The Morgan fingerprint density at radius 1 is 1.25 bits per heavy atom. The molecule has 1 aliphatic heterocycles. The minimum Gasteiger partial charge on any atom is -0.398 e. The lowest BCUT2D eigenvalue weighted by atomic mass is 9.89. The summed E-state index contributed by atoms with van der Waals surface area (Å²) in [7, 11) is 0. The van der Waals surface area contributed by atoms with E-state index in [9.17, 15) is 4.79 Å². The first-order chi connectivity index (χ1) is 9.09. The molecule has 0 aromatic heterocycles. The van der Waals surface area contributed by atoms with Crippen LogP contribution in [0.4, 0.5) is 5.69 Å². The van der Waals surface area contributed by atoms with E-state index in [0.717, 1.165) is 31.8 Å². The summed E-state index contributed by atoms with van der Waals surface area (Å²) in [4.78, 5) is 14.5. The third-order valence-electron chi connectivity index (χ3n) is 4.19. The molecule has 112 valence electrons. The van der Waals surface area contributed by atoms with Gasteiger partial charge in [-0.25, -0.2) is 0 Å². The molecule has 2 rings (SSSR count).